The van der Waals surface area contributed by atoms with Crippen molar-refractivity contribution in [1.29, 1.82) is 0 Å². The minimum atomic E-state index is -3.63. The number of anilines is 2. The number of hydrogen-bond donors (Lipinski definition) is 3. The highest BCUT2D eigenvalue weighted by molar-refractivity contribution is 5.96. The first-order chi connectivity index (χ1) is 18.3. The van der Waals surface area contributed by atoms with Crippen LogP contribution in [-0.4, -0.2) is 75.0 Å². The lowest BCUT2D eigenvalue weighted by Crippen LogP contribution is -2.38. The number of carbonyl (C=O) groups is 1. The molecule has 3 aromatic heterocycles. The summed E-state index contributed by atoms with van der Waals surface area (Å²) in [4.78, 5) is 19.2. The van der Waals surface area contributed by atoms with Crippen LogP contribution in [0.2, 0.25) is 0 Å². The van der Waals surface area contributed by atoms with Crippen molar-refractivity contribution in [1.82, 2.24) is 35.0 Å². The minimum Gasteiger partial charge on any atom is -0.379 e. The van der Waals surface area contributed by atoms with Crippen LogP contribution in [-0.2, 0) is 10.7 Å². The van der Waals surface area contributed by atoms with Gasteiger partial charge in [-0.3, -0.25) is 14.8 Å². The average Bonchev–Trinajstić information content (AvgIpc) is 3.53. The van der Waals surface area contributed by atoms with Crippen molar-refractivity contribution in [2.75, 3.05) is 44.7 Å². The zero-order chi connectivity index (χ0) is 26.7. The highest BCUT2D eigenvalue weighted by atomic mass is 19.3. The summed E-state index contributed by atoms with van der Waals surface area (Å²) in [6.45, 7) is 6.25. The van der Waals surface area contributed by atoms with Gasteiger partial charge in [-0.25, -0.2) is 13.9 Å². The molecule has 1 aliphatic heterocycles. The van der Waals surface area contributed by atoms with Crippen LogP contribution in [0.5, 0.6) is 0 Å². The summed E-state index contributed by atoms with van der Waals surface area (Å²) in [6, 6.07) is 7.08. The molecule has 5 rings (SSSR count). The molecule has 1 amide bonds. The molecule has 0 aliphatic carbocycles. The fourth-order valence-electron chi connectivity index (χ4n) is 4.17. The molecule has 4 aromatic rings. The number of carbonyl (C=O) groups excluding carboxylic acids is 1. The third-order valence-corrected chi connectivity index (χ3v) is 6.21. The number of aromatic amines is 1. The number of alkyl halides is 2. The second-order valence-corrected chi connectivity index (χ2v) is 9.05. The fourth-order valence-corrected chi connectivity index (χ4v) is 4.17. The first-order valence-corrected chi connectivity index (χ1v) is 12.2. The van der Waals surface area contributed by atoms with Crippen LogP contribution in [0, 0.1) is 12.7 Å². The Morgan fingerprint density at radius 3 is 2.66 bits per heavy atom. The van der Waals surface area contributed by atoms with E-state index in [1.165, 1.54) is 16.8 Å². The van der Waals surface area contributed by atoms with Gasteiger partial charge in [0.15, 0.2) is 11.6 Å². The normalized spacial score (nSPS) is 14.6. The molecule has 3 N–H and O–H groups in total. The second kappa shape index (κ2) is 10.8. The molecule has 0 spiro atoms. The largest absolute Gasteiger partial charge is 0.379 e. The lowest BCUT2D eigenvalue weighted by molar-refractivity contribution is 0.0315. The Morgan fingerprint density at radius 2 is 1.95 bits per heavy atom. The average molecular weight is 529 g/mol. The quantitative estimate of drug-likeness (QED) is 0.286. The van der Waals surface area contributed by atoms with Crippen molar-refractivity contribution in [2.24, 2.45) is 0 Å². The molecule has 0 radical (unpaired) electrons. The van der Waals surface area contributed by atoms with Gasteiger partial charge >= 0.3 is 5.92 Å². The van der Waals surface area contributed by atoms with E-state index in [0.29, 0.717) is 31.1 Å². The first-order valence-electron chi connectivity index (χ1n) is 12.2. The predicted molar refractivity (Wildman–Crippen MR) is 133 cm³/mol. The number of aromatic nitrogens is 5. The molecule has 1 aliphatic rings. The van der Waals surface area contributed by atoms with Crippen molar-refractivity contribution >= 4 is 23.1 Å². The number of morpholine rings is 1. The Bertz CT molecular complexity index is 1410. The van der Waals surface area contributed by atoms with Crippen LogP contribution >= 0.6 is 0 Å². The molecule has 1 saturated heterocycles. The SMILES string of the molecule is Cc1cc(Nc2nc(C(F)(F)c3ccc(F)cc3)nn3cc(C(=O)NCCCN4CCOCC4)cc23)n[nH]1. The maximum absolute atomic E-state index is 15.4. The third kappa shape index (κ3) is 5.63. The first kappa shape index (κ1) is 25.7. The van der Waals surface area contributed by atoms with E-state index in [1.54, 1.807) is 13.0 Å². The number of nitrogens with one attached hydrogen (secondary N) is 3. The van der Waals surface area contributed by atoms with E-state index >= 15 is 8.78 Å². The van der Waals surface area contributed by atoms with E-state index in [0.717, 1.165) is 56.0 Å². The summed E-state index contributed by atoms with van der Waals surface area (Å²) in [5.74, 6) is -5.05. The smallest absolute Gasteiger partial charge is 0.333 e. The van der Waals surface area contributed by atoms with E-state index in [1.807, 2.05) is 0 Å². The van der Waals surface area contributed by atoms with Crippen molar-refractivity contribution in [3.05, 3.63) is 71.1 Å². The van der Waals surface area contributed by atoms with E-state index in [2.05, 4.69) is 35.8 Å². The van der Waals surface area contributed by atoms with Crippen LogP contribution < -0.4 is 10.6 Å². The molecule has 1 aromatic carbocycles. The van der Waals surface area contributed by atoms with Crippen molar-refractivity contribution in [2.45, 2.75) is 19.3 Å². The molecule has 0 atom stereocenters. The van der Waals surface area contributed by atoms with Crippen LogP contribution in [0.15, 0.2) is 42.6 Å². The molecule has 10 nitrogen and oxygen atoms in total. The van der Waals surface area contributed by atoms with Gasteiger partial charge in [-0.15, -0.1) is 5.10 Å². The molecule has 38 heavy (non-hydrogen) atoms. The Balaban J connectivity index is 1.40. The molecule has 1 fully saturated rings. The highest BCUT2D eigenvalue weighted by Gasteiger charge is 2.39. The van der Waals surface area contributed by atoms with Gasteiger partial charge in [-0.05, 0) is 50.2 Å². The topological polar surface area (TPSA) is 112 Å². The minimum absolute atomic E-state index is 0.0367. The standard InChI is InChI=1S/C25H27F3N8O2/c1-16-13-21(33-32-16)30-22-20-14-17(23(37)29-7-2-8-35-9-11-38-12-10-35)15-36(20)34-24(31-22)25(27,28)18-3-5-19(26)6-4-18/h3-6,13-15H,2,7-12H2,1H3,(H,29,37)(H2,30,31,32,33,34). The zero-order valence-corrected chi connectivity index (χ0v) is 20.7. The van der Waals surface area contributed by atoms with E-state index in [9.17, 15) is 9.18 Å². The Kier molecular flexibility index (Phi) is 7.29. The summed E-state index contributed by atoms with van der Waals surface area (Å²) in [7, 11) is 0. The maximum Gasteiger partial charge on any atom is 0.333 e. The number of nitrogens with zero attached hydrogens (tertiary/aromatic N) is 5. The lowest BCUT2D eigenvalue weighted by atomic mass is 10.1. The van der Waals surface area contributed by atoms with Gasteiger partial charge in [0, 0.05) is 43.2 Å². The lowest BCUT2D eigenvalue weighted by Gasteiger charge is -2.26. The van der Waals surface area contributed by atoms with Crippen LogP contribution in [0.25, 0.3) is 5.52 Å². The maximum atomic E-state index is 15.4. The molecular weight excluding hydrogens is 501 g/mol. The molecule has 13 heteroatoms. The zero-order valence-electron chi connectivity index (χ0n) is 20.7. The monoisotopic (exact) mass is 528 g/mol. The van der Waals surface area contributed by atoms with Crippen molar-refractivity contribution in [3.8, 4) is 0 Å². The number of ether oxygens (including phenoxy) is 1. The summed E-state index contributed by atoms with van der Waals surface area (Å²) in [6.07, 6.45) is 2.14. The van der Waals surface area contributed by atoms with Crippen molar-refractivity contribution in [3.63, 3.8) is 0 Å². The molecule has 4 heterocycles. The van der Waals surface area contributed by atoms with Gasteiger partial charge in [-0.2, -0.15) is 13.9 Å². The molecular formula is C25H27F3N8O2. The number of benzene rings is 1. The number of aryl methyl sites for hydroxylation is 1. The van der Waals surface area contributed by atoms with Gasteiger partial charge < -0.3 is 15.4 Å². The van der Waals surface area contributed by atoms with E-state index in [4.69, 9.17) is 4.74 Å². The molecule has 0 saturated carbocycles. The molecule has 0 unspecified atom stereocenters. The third-order valence-electron chi connectivity index (χ3n) is 6.21. The number of rotatable bonds is 9. The highest BCUT2D eigenvalue weighted by Crippen LogP contribution is 2.35. The summed E-state index contributed by atoms with van der Waals surface area (Å²) >= 11 is 0. The van der Waals surface area contributed by atoms with E-state index in [-0.39, 0.29) is 17.3 Å². The van der Waals surface area contributed by atoms with Crippen LogP contribution in [0.1, 0.15) is 33.9 Å². The van der Waals surface area contributed by atoms with Gasteiger partial charge in [0.1, 0.15) is 11.3 Å². The molecule has 0 bridgehead atoms. The number of fused-ring (bicyclic) bond motifs is 1. The van der Waals surface area contributed by atoms with Crippen molar-refractivity contribution < 1.29 is 22.7 Å². The van der Waals surface area contributed by atoms with Gasteiger partial charge in [0.25, 0.3) is 5.91 Å². The summed E-state index contributed by atoms with van der Waals surface area (Å²) < 4.78 is 50.6. The number of H-pyrrole nitrogens is 1. The molecule has 200 valence electrons. The summed E-state index contributed by atoms with van der Waals surface area (Å²) in [5, 5.41) is 16.7. The van der Waals surface area contributed by atoms with E-state index < -0.39 is 23.1 Å². The summed E-state index contributed by atoms with van der Waals surface area (Å²) in [5.41, 5.74) is 0.837. The number of amides is 1. The van der Waals surface area contributed by atoms with Gasteiger partial charge in [0.2, 0.25) is 5.82 Å². The van der Waals surface area contributed by atoms with Gasteiger partial charge in [0.05, 0.1) is 18.8 Å². The van der Waals surface area contributed by atoms with Crippen LogP contribution in [0.4, 0.5) is 24.8 Å². The predicted octanol–water partition coefficient (Wildman–Crippen LogP) is 3.24. The number of hydrogen-bond acceptors (Lipinski definition) is 7. The van der Waals surface area contributed by atoms with Crippen LogP contribution in [0.3, 0.4) is 0 Å². The Morgan fingerprint density at radius 1 is 1.18 bits per heavy atom. The second-order valence-electron chi connectivity index (χ2n) is 9.05. The fraction of sp³-hybridized carbons (Fsp3) is 0.360. The Hall–Kier alpha value is -3.97. The Labute approximate surface area is 216 Å². The van der Waals surface area contributed by atoms with Gasteiger partial charge in [-0.1, -0.05) is 0 Å². The number of halogens is 3.